The number of carbonyl (C=O) groups is 3. The number of aryl methyl sites for hydroxylation is 1. The van der Waals surface area contributed by atoms with E-state index >= 15 is 0 Å². The first-order chi connectivity index (χ1) is 12.0. The molecule has 9 heteroatoms. The summed E-state index contributed by atoms with van der Waals surface area (Å²) in [6.07, 6.45) is 0.621. The van der Waals surface area contributed by atoms with Crippen LogP contribution in [0.2, 0.25) is 0 Å². The highest BCUT2D eigenvalue weighted by molar-refractivity contribution is 5.92. The second-order valence-corrected chi connectivity index (χ2v) is 6.10. The van der Waals surface area contributed by atoms with Gasteiger partial charge in [0.05, 0.1) is 6.61 Å². The van der Waals surface area contributed by atoms with Crippen LogP contribution in [0.3, 0.4) is 0 Å². The minimum atomic E-state index is -0.710. The summed E-state index contributed by atoms with van der Waals surface area (Å²) in [5, 5.41) is 3.74. The van der Waals surface area contributed by atoms with Crippen LogP contribution in [0.5, 0.6) is 0 Å². The van der Waals surface area contributed by atoms with Crippen LogP contribution in [-0.2, 0) is 14.3 Å². The van der Waals surface area contributed by atoms with Crippen LogP contribution in [0.25, 0.3) is 0 Å². The number of esters is 1. The van der Waals surface area contributed by atoms with Gasteiger partial charge in [0.15, 0.2) is 11.7 Å². The van der Waals surface area contributed by atoms with Crippen LogP contribution in [0.1, 0.15) is 36.0 Å². The first kappa shape index (κ1) is 17.2. The van der Waals surface area contributed by atoms with E-state index in [0.717, 1.165) is 0 Å². The van der Waals surface area contributed by atoms with E-state index in [4.69, 9.17) is 14.0 Å². The van der Waals surface area contributed by atoms with Gasteiger partial charge in [0.1, 0.15) is 12.4 Å². The Kier molecular flexibility index (Phi) is 4.91. The van der Waals surface area contributed by atoms with Gasteiger partial charge in [-0.3, -0.25) is 9.69 Å². The van der Waals surface area contributed by atoms with Gasteiger partial charge in [0.2, 0.25) is 0 Å². The number of likely N-dealkylation sites (tertiary alicyclic amines) is 1. The fraction of sp³-hybridized carbons (Fsp3) is 0.625. The average molecular weight is 351 g/mol. The third kappa shape index (κ3) is 3.45. The molecule has 1 aromatic rings. The summed E-state index contributed by atoms with van der Waals surface area (Å²) >= 11 is 0. The minimum absolute atomic E-state index is 0.00896. The van der Waals surface area contributed by atoms with Crippen LogP contribution in [0.4, 0.5) is 4.79 Å². The predicted molar refractivity (Wildman–Crippen MR) is 83.8 cm³/mol. The van der Waals surface area contributed by atoms with E-state index in [1.54, 1.807) is 24.8 Å². The van der Waals surface area contributed by atoms with Crippen molar-refractivity contribution >= 4 is 18.0 Å². The number of cyclic esters (lactones) is 1. The molecule has 0 aromatic carbocycles. The highest BCUT2D eigenvalue weighted by Crippen LogP contribution is 2.25. The number of hydrogen-bond donors (Lipinski definition) is 0. The zero-order valence-electron chi connectivity index (χ0n) is 14.3. The molecule has 0 saturated carbocycles. The number of amides is 2. The maximum atomic E-state index is 12.4. The van der Waals surface area contributed by atoms with Crippen molar-refractivity contribution in [3.63, 3.8) is 0 Å². The Balaban J connectivity index is 1.62. The van der Waals surface area contributed by atoms with E-state index in [9.17, 15) is 14.4 Å². The lowest BCUT2D eigenvalue weighted by atomic mass is 10.0. The lowest BCUT2D eigenvalue weighted by Crippen LogP contribution is -2.52. The quantitative estimate of drug-likeness (QED) is 0.745. The molecule has 2 saturated heterocycles. The number of carbonyl (C=O) groups excluding carboxylic acids is 3. The highest BCUT2D eigenvalue weighted by atomic mass is 16.6. The van der Waals surface area contributed by atoms with E-state index < -0.39 is 18.1 Å². The predicted octanol–water partition coefficient (Wildman–Crippen LogP) is 0.972. The van der Waals surface area contributed by atoms with Crippen LogP contribution in [0.15, 0.2) is 10.6 Å². The third-order valence-corrected chi connectivity index (χ3v) is 4.46. The lowest BCUT2D eigenvalue weighted by molar-refractivity contribution is -0.148. The summed E-state index contributed by atoms with van der Waals surface area (Å²) < 4.78 is 15.0. The molecule has 136 valence electrons. The Morgan fingerprint density at radius 3 is 2.68 bits per heavy atom. The lowest BCUT2D eigenvalue weighted by Gasteiger charge is -2.36. The maximum Gasteiger partial charge on any atom is 0.410 e. The maximum absolute atomic E-state index is 12.4. The van der Waals surface area contributed by atoms with Gasteiger partial charge >= 0.3 is 12.1 Å². The molecule has 0 bridgehead atoms. The third-order valence-electron chi connectivity index (χ3n) is 4.46. The summed E-state index contributed by atoms with van der Waals surface area (Å²) in [6.45, 7) is 4.64. The van der Waals surface area contributed by atoms with Crippen molar-refractivity contribution < 1.29 is 28.4 Å². The fourth-order valence-electron chi connectivity index (χ4n) is 3.23. The molecule has 25 heavy (non-hydrogen) atoms. The fourth-order valence-corrected chi connectivity index (χ4v) is 3.23. The molecule has 2 aliphatic heterocycles. The van der Waals surface area contributed by atoms with E-state index in [-0.39, 0.29) is 30.9 Å². The Bertz CT molecular complexity index is 665. The van der Waals surface area contributed by atoms with Crippen molar-refractivity contribution in [3.05, 3.63) is 17.5 Å². The molecule has 0 radical (unpaired) electrons. The smallest absolute Gasteiger partial charge is 0.410 e. The van der Waals surface area contributed by atoms with Crippen molar-refractivity contribution in [2.45, 2.75) is 38.8 Å². The van der Waals surface area contributed by atoms with Crippen molar-refractivity contribution in [2.75, 3.05) is 26.3 Å². The van der Waals surface area contributed by atoms with Gasteiger partial charge in [0, 0.05) is 25.2 Å². The first-order valence-electron chi connectivity index (χ1n) is 8.35. The van der Waals surface area contributed by atoms with Gasteiger partial charge in [-0.1, -0.05) is 5.16 Å². The van der Waals surface area contributed by atoms with Crippen molar-refractivity contribution in [1.82, 2.24) is 15.0 Å². The number of rotatable bonds is 4. The Hall–Kier alpha value is -2.58. The van der Waals surface area contributed by atoms with E-state index in [0.29, 0.717) is 31.7 Å². The summed E-state index contributed by atoms with van der Waals surface area (Å²) in [7, 11) is 0. The van der Waals surface area contributed by atoms with Gasteiger partial charge in [-0.25, -0.2) is 9.59 Å². The summed E-state index contributed by atoms with van der Waals surface area (Å²) in [4.78, 5) is 39.6. The first-order valence-corrected chi connectivity index (χ1v) is 8.35. The zero-order valence-corrected chi connectivity index (χ0v) is 14.3. The molecule has 3 rings (SSSR count). The molecule has 0 aliphatic carbocycles. The zero-order chi connectivity index (χ0) is 18.0. The standard InChI is InChI=1S/C16H21N3O6/c1-3-23-15(21)13-9-24-16(22)19(13)11-4-6-18(7-5-11)14(20)12-8-10(2)25-17-12/h8,11,13H,3-7,9H2,1-2H3. The molecule has 0 spiro atoms. The Morgan fingerprint density at radius 1 is 1.36 bits per heavy atom. The van der Waals surface area contributed by atoms with Crippen LogP contribution >= 0.6 is 0 Å². The van der Waals surface area contributed by atoms with E-state index in [1.165, 1.54) is 4.90 Å². The molecular weight excluding hydrogens is 330 g/mol. The molecule has 2 amide bonds. The monoisotopic (exact) mass is 351 g/mol. The molecule has 2 aliphatic rings. The largest absolute Gasteiger partial charge is 0.464 e. The van der Waals surface area contributed by atoms with Crippen LogP contribution in [-0.4, -0.2) is 71.3 Å². The highest BCUT2D eigenvalue weighted by Gasteiger charge is 2.44. The van der Waals surface area contributed by atoms with Crippen molar-refractivity contribution in [3.8, 4) is 0 Å². The molecule has 1 atom stereocenters. The van der Waals surface area contributed by atoms with Crippen molar-refractivity contribution in [1.29, 1.82) is 0 Å². The van der Waals surface area contributed by atoms with Crippen LogP contribution in [0, 0.1) is 6.92 Å². The van der Waals surface area contributed by atoms with Gasteiger partial charge in [-0.05, 0) is 26.7 Å². The van der Waals surface area contributed by atoms with Gasteiger partial charge in [0.25, 0.3) is 5.91 Å². The molecular formula is C16H21N3O6. The molecule has 1 unspecified atom stereocenters. The van der Waals surface area contributed by atoms with E-state index in [2.05, 4.69) is 5.16 Å². The number of piperidine rings is 1. The number of ether oxygens (including phenoxy) is 2. The summed E-state index contributed by atoms with van der Waals surface area (Å²) in [5.74, 6) is -0.0681. The number of hydrogen-bond acceptors (Lipinski definition) is 7. The van der Waals surface area contributed by atoms with Gasteiger partial charge < -0.3 is 18.9 Å². The Labute approximate surface area is 144 Å². The minimum Gasteiger partial charge on any atom is -0.464 e. The van der Waals surface area contributed by atoms with Crippen molar-refractivity contribution in [2.24, 2.45) is 0 Å². The van der Waals surface area contributed by atoms with Gasteiger partial charge in [-0.2, -0.15) is 0 Å². The van der Waals surface area contributed by atoms with E-state index in [1.807, 2.05) is 0 Å². The van der Waals surface area contributed by atoms with Gasteiger partial charge in [-0.15, -0.1) is 0 Å². The molecule has 1 aromatic heterocycles. The molecule has 3 heterocycles. The topological polar surface area (TPSA) is 102 Å². The Morgan fingerprint density at radius 2 is 2.08 bits per heavy atom. The second kappa shape index (κ2) is 7.12. The second-order valence-electron chi connectivity index (χ2n) is 6.10. The number of nitrogens with zero attached hydrogens (tertiary/aromatic N) is 3. The molecule has 0 N–H and O–H groups in total. The SMILES string of the molecule is CCOC(=O)C1COC(=O)N1C1CCN(C(=O)c2cc(C)on2)CC1. The average Bonchev–Trinajstić information content (AvgIpc) is 3.20. The van der Waals surface area contributed by atoms with Crippen LogP contribution < -0.4 is 0 Å². The normalized spacial score (nSPS) is 21.4. The number of aromatic nitrogens is 1. The summed E-state index contributed by atoms with van der Waals surface area (Å²) in [5.41, 5.74) is 0.279. The molecule has 2 fully saturated rings. The summed E-state index contributed by atoms with van der Waals surface area (Å²) in [6, 6.07) is 0.730. The molecule has 9 nitrogen and oxygen atoms in total.